The molecule has 0 saturated carbocycles. The van der Waals surface area contributed by atoms with E-state index in [1.54, 1.807) is 0 Å². The third-order valence-electron chi connectivity index (χ3n) is 4.98. The van der Waals surface area contributed by atoms with Crippen molar-refractivity contribution >= 4 is 29.1 Å². The van der Waals surface area contributed by atoms with Crippen molar-refractivity contribution in [2.24, 2.45) is 5.92 Å². The topological polar surface area (TPSA) is 79.3 Å². The quantitative estimate of drug-likeness (QED) is 0.273. The summed E-state index contributed by atoms with van der Waals surface area (Å²) in [5, 5.41) is 14.9. The molecule has 1 atom stereocenters. The van der Waals surface area contributed by atoms with Gasteiger partial charge in [0.25, 0.3) is 0 Å². The summed E-state index contributed by atoms with van der Waals surface area (Å²) >= 11 is 6.03. The number of alkyl halides is 6. The van der Waals surface area contributed by atoms with Gasteiger partial charge in [0.15, 0.2) is 0 Å². The molecule has 0 aliphatic heterocycles. The Morgan fingerprint density at radius 1 is 1.00 bits per heavy atom. The summed E-state index contributed by atoms with van der Waals surface area (Å²) in [6, 6.07) is 8.91. The molecule has 1 heterocycles. The largest absolute Gasteiger partial charge is 0.573 e. The highest BCUT2D eigenvalue weighted by Crippen LogP contribution is 2.40. The first-order valence-corrected chi connectivity index (χ1v) is 10.9. The standard InChI is InChI=1S/C23H21ClF6N4O2/c1-12(2)18(11-35)32-21-31-17(13-5-3-6-14(9-13)36-23(28,29)30)10-19(34-21)33-20-15(22(25,26)27)7-4-8-16(20)24/h3-10,12,18,35H,11H2,1-2H3,(H2,31,32,33,34)/t18-/m0/s1. The molecule has 1 aromatic heterocycles. The zero-order chi connectivity index (χ0) is 26.7. The van der Waals surface area contributed by atoms with Crippen LogP contribution in [0.15, 0.2) is 48.5 Å². The third kappa shape index (κ3) is 7.14. The van der Waals surface area contributed by atoms with E-state index in [2.05, 4.69) is 25.3 Å². The molecule has 3 N–H and O–H groups in total. The summed E-state index contributed by atoms with van der Waals surface area (Å²) in [6.07, 6.45) is -9.65. The molecule has 0 aliphatic rings. The lowest BCUT2D eigenvalue weighted by molar-refractivity contribution is -0.274. The summed E-state index contributed by atoms with van der Waals surface area (Å²) in [7, 11) is 0. The van der Waals surface area contributed by atoms with Crippen molar-refractivity contribution in [2.45, 2.75) is 32.4 Å². The average molecular weight is 535 g/mol. The van der Waals surface area contributed by atoms with Crippen LogP contribution in [-0.4, -0.2) is 34.1 Å². The second-order valence-corrected chi connectivity index (χ2v) is 8.41. The minimum absolute atomic E-state index is 0.0729. The molecule has 3 aromatic rings. The van der Waals surface area contributed by atoms with Gasteiger partial charge in [-0.3, -0.25) is 0 Å². The Labute approximate surface area is 207 Å². The molecule has 36 heavy (non-hydrogen) atoms. The number of nitrogens with one attached hydrogen (secondary N) is 2. The second-order valence-electron chi connectivity index (χ2n) is 8.00. The van der Waals surface area contributed by atoms with E-state index in [4.69, 9.17) is 11.6 Å². The molecule has 0 spiro atoms. The van der Waals surface area contributed by atoms with Crippen molar-refractivity contribution in [3.05, 3.63) is 59.1 Å². The highest BCUT2D eigenvalue weighted by Gasteiger charge is 2.35. The molecule has 2 aromatic carbocycles. The lowest BCUT2D eigenvalue weighted by Gasteiger charge is -2.21. The van der Waals surface area contributed by atoms with Crippen LogP contribution in [0.2, 0.25) is 5.02 Å². The number of aromatic nitrogens is 2. The number of aliphatic hydroxyl groups excluding tert-OH is 1. The fourth-order valence-electron chi connectivity index (χ4n) is 3.18. The lowest BCUT2D eigenvalue weighted by Crippen LogP contribution is -2.30. The van der Waals surface area contributed by atoms with E-state index in [1.165, 1.54) is 24.3 Å². The monoisotopic (exact) mass is 534 g/mol. The van der Waals surface area contributed by atoms with Gasteiger partial charge in [0.2, 0.25) is 5.95 Å². The first kappa shape index (κ1) is 27.3. The summed E-state index contributed by atoms with van der Waals surface area (Å²) in [5.41, 5.74) is -1.26. The van der Waals surface area contributed by atoms with Crippen molar-refractivity contribution in [1.82, 2.24) is 9.97 Å². The average Bonchev–Trinajstić information content (AvgIpc) is 2.77. The van der Waals surface area contributed by atoms with Crippen molar-refractivity contribution in [3.63, 3.8) is 0 Å². The first-order valence-electron chi connectivity index (χ1n) is 10.5. The first-order chi connectivity index (χ1) is 16.8. The molecular weight excluding hydrogens is 514 g/mol. The fraction of sp³-hybridized carbons (Fsp3) is 0.304. The number of hydrogen-bond donors (Lipinski definition) is 3. The van der Waals surface area contributed by atoms with Crippen molar-refractivity contribution in [1.29, 1.82) is 0 Å². The molecule has 6 nitrogen and oxygen atoms in total. The summed E-state index contributed by atoms with van der Waals surface area (Å²) in [5.74, 6) is -0.791. The summed E-state index contributed by atoms with van der Waals surface area (Å²) < 4.78 is 82.7. The van der Waals surface area contributed by atoms with Crippen molar-refractivity contribution < 1.29 is 36.2 Å². The maximum Gasteiger partial charge on any atom is 0.573 e. The number of nitrogens with zero attached hydrogens (tertiary/aromatic N) is 2. The van der Waals surface area contributed by atoms with Crippen LogP contribution in [0.1, 0.15) is 19.4 Å². The maximum absolute atomic E-state index is 13.6. The van der Waals surface area contributed by atoms with Crippen LogP contribution in [0.25, 0.3) is 11.3 Å². The van der Waals surface area contributed by atoms with Gasteiger partial charge in [-0.1, -0.05) is 43.6 Å². The number of hydrogen-bond acceptors (Lipinski definition) is 6. The van der Waals surface area contributed by atoms with E-state index >= 15 is 0 Å². The SMILES string of the molecule is CC(C)[C@H](CO)Nc1nc(Nc2c(Cl)cccc2C(F)(F)F)cc(-c2cccc(OC(F)(F)F)c2)n1. The number of anilines is 3. The van der Waals surface area contributed by atoms with Gasteiger partial charge in [-0.15, -0.1) is 13.2 Å². The van der Waals surface area contributed by atoms with E-state index in [1.807, 2.05) is 13.8 Å². The van der Waals surface area contributed by atoms with E-state index in [9.17, 15) is 31.4 Å². The van der Waals surface area contributed by atoms with E-state index in [0.717, 1.165) is 24.3 Å². The molecule has 194 valence electrons. The number of aliphatic hydroxyl groups is 1. The molecule has 0 bridgehead atoms. The predicted molar refractivity (Wildman–Crippen MR) is 123 cm³/mol. The second kappa shape index (κ2) is 10.8. The molecule has 3 rings (SSSR count). The molecule has 0 fully saturated rings. The Morgan fingerprint density at radius 2 is 1.69 bits per heavy atom. The molecule has 0 amide bonds. The van der Waals surface area contributed by atoms with Gasteiger partial charge in [-0.05, 0) is 30.2 Å². The van der Waals surface area contributed by atoms with Crippen LogP contribution in [0.4, 0.5) is 43.8 Å². The van der Waals surface area contributed by atoms with Crippen molar-refractivity contribution in [2.75, 3.05) is 17.2 Å². The van der Waals surface area contributed by atoms with Gasteiger partial charge in [0.1, 0.15) is 11.6 Å². The van der Waals surface area contributed by atoms with Crippen LogP contribution in [0.5, 0.6) is 5.75 Å². The van der Waals surface area contributed by atoms with Gasteiger partial charge in [0.05, 0.1) is 34.6 Å². The molecule has 0 aliphatic carbocycles. The fourth-order valence-corrected chi connectivity index (χ4v) is 3.40. The van der Waals surface area contributed by atoms with E-state index in [-0.39, 0.29) is 40.6 Å². The van der Waals surface area contributed by atoms with Crippen molar-refractivity contribution in [3.8, 4) is 17.0 Å². The Bertz CT molecular complexity index is 1200. The Hall–Kier alpha value is -3.25. The zero-order valence-electron chi connectivity index (χ0n) is 18.9. The number of halogens is 7. The molecule has 0 radical (unpaired) electrons. The number of ether oxygens (including phenoxy) is 1. The Balaban J connectivity index is 2.10. The Morgan fingerprint density at radius 3 is 2.31 bits per heavy atom. The van der Waals surface area contributed by atoms with Gasteiger partial charge in [-0.25, -0.2) is 4.98 Å². The predicted octanol–water partition coefficient (Wildman–Crippen LogP) is 6.89. The maximum atomic E-state index is 13.6. The zero-order valence-corrected chi connectivity index (χ0v) is 19.6. The molecule has 0 unspecified atom stereocenters. The van der Waals surface area contributed by atoms with Crippen LogP contribution >= 0.6 is 11.6 Å². The minimum atomic E-state index is -4.92. The van der Waals surface area contributed by atoms with Gasteiger partial charge < -0.3 is 20.5 Å². The smallest absolute Gasteiger partial charge is 0.406 e. The number of para-hydroxylation sites is 1. The summed E-state index contributed by atoms with van der Waals surface area (Å²) in [6.45, 7) is 3.33. The Kier molecular flexibility index (Phi) is 8.19. The molecule has 13 heteroatoms. The van der Waals surface area contributed by atoms with Gasteiger partial charge in [-0.2, -0.15) is 18.2 Å². The minimum Gasteiger partial charge on any atom is -0.406 e. The number of benzene rings is 2. The molecular formula is C23H21ClF6N4O2. The number of rotatable bonds is 8. The normalized spacial score (nSPS) is 13.0. The lowest BCUT2D eigenvalue weighted by atomic mass is 10.1. The van der Waals surface area contributed by atoms with Crippen LogP contribution in [-0.2, 0) is 6.18 Å². The highest BCUT2D eigenvalue weighted by molar-refractivity contribution is 6.33. The van der Waals surface area contributed by atoms with Crippen LogP contribution in [0, 0.1) is 5.92 Å². The van der Waals surface area contributed by atoms with Gasteiger partial charge >= 0.3 is 12.5 Å². The highest BCUT2D eigenvalue weighted by atomic mass is 35.5. The van der Waals surface area contributed by atoms with E-state index < -0.39 is 35.6 Å². The third-order valence-corrected chi connectivity index (χ3v) is 5.29. The van der Waals surface area contributed by atoms with Crippen LogP contribution in [0.3, 0.4) is 0 Å². The van der Waals surface area contributed by atoms with Crippen LogP contribution < -0.4 is 15.4 Å². The van der Waals surface area contributed by atoms with Gasteiger partial charge in [0, 0.05) is 11.6 Å². The molecule has 0 saturated heterocycles. The summed E-state index contributed by atoms with van der Waals surface area (Å²) in [4.78, 5) is 8.47. The van der Waals surface area contributed by atoms with E-state index in [0.29, 0.717) is 0 Å².